The van der Waals surface area contributed by atoms with Gasteiger partial charge in [0.1, 0.15) is 5.82 Å². The van der Waals surface area contributed by atoms with E-state index in [1.807, 2.05) is 18.2 Å². The molecule has 0 radical (unpaired) electrons. The second kappa shape index (κ2) is 6.97. The molecule has 4 bridgehead atoms. The highest BCUT2D eigenvalue weighted by molar-refractivity contribution is 7.99. The first-order valence-electron chi connectivity index (χ1n) is 10.0. The van der Waals surface area contributed by atoms with Crippen molar-refractivity contribution in [2.75, 3.05) is 5.75 Å². The number of thioether (sulfide) groups is 1. The van der Waals surface area contributed by atoms with E-state index in [4.69, 9.17) is 0 Å². The van der Waals surface area contributed by atoms with Crippen molar-refractivity contribution in [2.45, 2.75) is 55.6 Å². The van der Waals surface area contributed by atoms with Crippen LogP contribution < -0.4 is 5.32 Å². The molecule has 1 amide bonds. The predicted octanol–water partition coefficient (Wildman–Crippen LogP) is 3.57. The van der Waals surface area contributed by atoms with Gasteiger partial charge in [-0.25, -0.2) is 4.98 Å². The minimum Gasteiger partial charge on any atom is -0.350 e. The Morgan fingerprint density at radius 3 is 2.44 bits per heavy atom. The van der Waals surface area contributed by atoms with E-state index in [9.17, 15) is 4.79 Å². The number of hydrogen-bond donors (Lipinski definition) is 2. The number of carbonyl (C=O) groups is 1. The molecular formula is C21H26N4OS. The molecule has 0 saturated heterocycles. The molecule has 4 fully saturated rings. The number of benzene rings is 1. The molecule has 1 aromatic carbocycles. The number of nitrogens with one attached hydrogen (secondary N) is 2. The van der Waals surface area contributed by atoms with Crippen LogP contribution in [-0.2, 0) is 11.2 Å². The smallest absolute Gasteiger partial charge is 0.230 e. The Morgan fingerprint density at radius 2 is 1.78 bits per heavy atom. The summed E-state index contributed by atoms with van der Waals surface area (Å²) < 4.78 is 0. The molecule has 4 aliphatic carbocycles. The van der Waals surface area contributed by atoms with Gasteiger partial charge in [0, 0.05) is 12.0 Å². The van der Waals surface area contributed by atoms with Gasteiger partial charge >= 0.3 is 0 Å². The topological polar surface area (TPSA) is 70.7 Å². The first-order chi connectivity index (χ1) is 13.2. The molecule has 4 saturated carbocycles. The van der Waals surface area contributed by atoms with Gasteiger partial charge in [-0.2, -0.15) is 0 Å². The lowest BCUT2D eigenvalue weighted by molar-refractivity contribution is -0.124. The Balaban J connectivity index is 1.15. The maximum Gasteiger partial charge on any atom is 0.230 e. The van der Waals surface area contributed by atoms with Crippen LogP contribution in [0.2, 0.25) is 0 Å². The molecule has 4 aliphatic rings. The second-order valence-corrected chi connectivity index (χ2v) is 9.70. The van der Waals surface area contributed by atoms with Crippen molar-refractivity contribution in [1.29, 1.82) is 0 Å². The van der Waals surface area contributed by atoms with Crippen molar-refractivity contribution in [1.82, 2.24) is 20.5 Å². The molecule has 2 aromatic rings. The Bertz CT molecular complexity index is 783. The Labute approximate surface area is 164 Å². The zero-order valence-electron chi connectivity index (χ0n) is 15.5. The normalized spacial score (nSPS) is 31.2. The number of aromatic nitrogens is 3. The molecule has 0 atom stereocenters. The average Bonchev–Trinajstić information content (AvgIpc) is 3.07. The SMILES string of the molecule is O=C(CSc1n[nH]c(Cc2ccccc2)n1)NC12CC3CC(CC(C3)C1)C2. The first kappa shape index (κ1) is 17.3. The highest BCUT2D eigenvalue weighted by Crippen LogP contribution is 2.55. The number of carbonyl (C=O) groups excluding carboxylic acids is 1. The number of H-pyrrole nitrogens is 1. The molecule has 0 unspecified atom stereocenters. The standard InChI is InChI=1S/C21H26N4OS/c26-19(23-21-10-15-6-16(11-21)8-17(7-15)12-21)13-27-20-22-18(24-25-20)9-14-4-2-1-3-5-14/h1-5,15-17H,6-13H2,(H,23,26)(H,22,24,25). The second-order valence-electron chi connectivity index (χ2n) is 8.76. The molecule has 27 heavy (non-hydrogen) atoms. The van der Waals surface area contributed by atoms with Crippen LogP contribution in [0.15, 0.2) is 35.5 Å². The van der Waals surface area contributed by atoms with Crippen LogP contribution in [0.1, 0.15) is 49.9 Å². The highest BCUT2D eigenvalue weighted by atomic mass is 32.2. The van der Waals surface area contributed by atoms with Crippen LogP contribution in [0.5, 0.6) is 0 Å². The van der Waals surface area contributed by atoms with Gasteiger partial charge in [0.05, 0.1) is 5.75 Å². The fraction of sp³-hybridized carbons (Fsp3) is 0.571. The van der Waals surface area contributed by atoms with Crippen molar-refractivity contribution in [3.05, 3.63) is 41.7 Å². The molecule has 5 nitrogen and oxygen atoms in total. The number of hydrogen-bond acceptors (Lipinski definition) is 4. The highest BCUT2D eigenvalue weighted by Gasteiger charge is 2.51. The van der Waals surface area contributed by atoms with Crippen LogP contribution >= 0.6 is 11.8 Å². The van der Waals surface area contributed by atoms with Crippen molar-refractivity contribution >= 4 is 17.7 Å². The minimum atomic E-state index is 0.0872. The summed E-state index contributed by atoms with van der Waals surface area (Å²) in [5.41, 5.74) is 1.29. The summed E-state index contributed by atoms with van der Waals surface area (Å²) in [6, 6.07) is 10.2. The van der Waals surface area contributed by atoms with Crippen molar-refractivity contribution < 1.29 is 4.79 Å². The number of aromatic amines is 1. The van der Waals surface area contributed by atoms with Crippen molar-refractivity contribution in [3.8, 4) is 0 Å². The Kier molecular flexibility index (Phi) is 4.46. The summed E-state index contributed by atoms with van der Waals surface area (Å²) >= 11 is 1.42. The zero-order chi connectivity index (χ0) is 18.3. The molecule has 0 spiro atoms. The third-order valence-electron chi connectivity index (χ3n) is 6.50. The van der Waals surface area contributed by atoms with E-state index in [0.717, 1.165) is 30.0 Å². The van der Waals surface area contributed by atoms with Gasteiger partial charge in [-0.05, 0) is 61.8 Å². The minimum absolute atomic E-state index is 0.0872. The monoisotopic (exact) mass is 382 g/mol. The molecule has 142 valence electrons. The van der Waals surface area contributed by atoms with Gasteiger partial charge in [-0.15, -0.1) is 5.10 Å². The largest absolute Gasteiger partial charge is 0.350 e. The van der Waals surface area contributed by atoms with Crippen LogP contribution in [0.4, 0.5) is 0 Å². The Morgan fingerprint density at radius 1 is 1.11 bits per heavy atom. The number of rotatable bonds is 6. The lowest BCUT2D eigenvalue weighted by Gasteiger charge is -2.56. The molecule has 6 heteroatoms. The lowest BCUT2D eigenvalue weighted by Crippen LogP contribution is -2.60. The van der Waals surface area contributed by atoms with Crippen LogP contribution in [0, 0.1) is 17.8 Å². The summed E-state index contributed by atoms with van der Waals surface area (Å²) in [5, 5.41) is 11.3. The first-order valence-corrected chi connectivity index (χ1v) is 11.0. The molecule has 1 aromatic heterocycles. The molecule has 6 rings (SSSR count). The Hall–Kier alpha value is -1.82. The lowest BCUT2D eigenvalue weighted by atomic mass is 9.53. The van der Waals surface area contributed by atoms with Gasteiger partial charge in [-0.1, -0.05) is 42.1 Å². The number of amides is 1. The number of nitrogens with zero attached hydrogens (tertiary/aromatic N) is 2. The zero-order valence-corrected chi connectivity index (χ0v) is 16.3. The fourth-order valence-corrected chi connectivity index (χ4v) is 6.55. The predicted molar refractivity (Wildman–Crippen MR) is 105 cm³/mol. The quantitative estimate of drug-likeness (QED) is 0.749. The average molecular weight is 383 g/mol. The van der Waals surface area contributed by atoms with Gasteiger partial charge in [0.15, 0.2) is 0 Å². The van der Waals surface area contributed by atoms with Gasteiger partial charge in [0.25, 0.3) is 0 Å². The van der Waals surface area contributed by atoms with E-state index in [-0.39, 0.29) is 11.4 Å². The van der Waals surface area contributed by atoms with Crippen molar-refractivity contribution in [3.63, 3.8) is 0 Å². The van der Waals surface area contributed by atoms with Crippen LogP contribution in [0.25, 0.3) is 0 Å². The van der Waals surface area contributed by atoms with Crippen molar-refractivity contribution in [2.24, 2.45) is 17.8 Å². The third-order valence-corrected chi connectivity index (χ3v) is 7.35. The summed E-state index contributed by atoms with van der Waals surface area (Å²) in [5.74, 6) is 3.90. The maximum absolute atomic E-state index is 12.6. The van der Waals surface area contributed by atoms with Gasteiger partial charge in [0.2, 0.25) is 11.1 Å². The van der Waals surface area contributed by atoms with E-state index in [2.05, 4.69) is 32.6 Å². The summed E-state index contributed by atoms with van der Waals surface area (Å²) in [7, 11) is 0. The molecule has 0 aliphatic heterocycles. The van der Waals surface area contributed by atoms with Gasteiger partial charge < -0.3 is 5.32 Å². The van der Waals surface area contributed by atoms with E-state index in [0.29, 0.717) is 10.9 Å². The van der Waals surface area contributed by atoms with E-state index in [1.165, 1.54) is 55.9 Å². The van der Waals surface area contributed by atoms with E-state index in [1.54, 1.807) is 0 Å². The van der Waals surface area contributed by atoms with Crippen LogP contribution in [0.3, 0.4) is 0 Å². The van der Waals surface area contributed by atoms with Crippen LogP contribution in [-0.4, -0.2) is 32.4 Å². The summed E-state index contributed by atoms with van der Waals surface area (Å²) in [6.07, 6.45) is 8.49. The summed E-state index contributed by atoms with van der Waals surface area (Å²) in [4.78, 5) is 17.1. The molecule has 1 heterocycles. The van der Waals surface area contributed by atoms with E-state index < -0.39 is 0 Å². The third kappa shape index (κ3) is 3.77. The van der Waals surface area contributed by atoms with Gasteiger partial charge in [-0.3, -0.25) is 9.89 Å². The summed E-state index contributed by atoms with van der Waals surface area (Å²) in [6.45, 7) is 0. The fourth-order valence-electron chi connectivity index (χ4n) is 5.94. The van der Waals surface area contributed by atoms with E-state index >= 15 is 0 Å². The molecule has 2 N–H and O–H groups in total. The molecular weight excluding hydrogens is 356 g/mol. The maximum atomic E-state index is 12.6.